The molecule has 4 rings (SSSR count). The molecular formula is C23H23F3N4O2. The van der Waals surface area contributed by atoms with Gasteiger partial charge in [0.1, 0.15) is 0 Å². The third-order valence-electron chi connectivity index (χ3n) is 6.00. The number of carbonyl (C=O) groups is 1. The fraction of sp³-hybridized carbons (Fsp3) is 0.348. The molecule has 3 aromatic rings. The van der Waals surface area contributed by atoms with E-state index in [0.717, 1.165) is 37.6 Å². The Kier molecular flexibility index (Phi) is 5.44. The molecule has 32 heavy (non-hydrogen) atoms. The van der Waals surface area contributed by atoms with Crippen molar-refractivity contribution in [1.29, 1.82) is 0 Å². The summed E-state index contributed by atoms with van der Waals surface area (Å²) in [6, 6.07) is 8.85. The minimum atomic E-state index is -4.47. The van der Waals surface area contributed by atoms with Crippen LogP contribution in [0.3, 0.4) is 0 Å². The van der Waals surface area contributed by atoms with Gasteiger partial charge in [0.2, 0.25) is 0 Å². The molecule has 9 heteroatoms. The Bertz CT molecular complexity index is 1230. The summed E-state index contributed by atoms with van der Waals surface area (Å²) < 4.78 is 40.8. The average molecular weight is 444 g/mol. The predicted molar refractivity (Wildman–Crippen MR) is 116 cm³/mol. The highest BCUT2D eigenvalue weighted by Gasteiger charge is 2.33. The fourth-order valence-electron chi connectivity index (χ4n) is 4.01. The monoisotopic (exact) mass is 444 g/mol. The molecule has 2 N–H and O–H groups in total. The van der Waals surface area contributed by atoms with Crippen molar-refractivity contribution in [3.8, 4) is 0 Å². The van der Waals surface area contributed by atoms with Crippen LogP contribution in [0.1, 0.15) is 50.3 Å². The number of nitrogens with one attached hydrogen (secondary N) is 2. The zero-order valence-corrected chi connectivity index (χ0v) is 17.7. The van der Waals surface area contributed by atoms with Gasteiger partial charge in [-0.05, 0) is 69.0 Å². The molecule has 1 aliphatic rings. The first-order valence-electron chi connectivity index (χ1n) is 10.3. The topological polar surface area (TPSA) is 76.0 Å². The van der Waals surface area contributed by atoms with Gasteiger partial charge in [-0.3, -0.25) is 9.36 Å². The number of carbonyl (C=O) groups excluding carboxylic acids is 1. The van der Waals surface area contributed by atoms with Gasteiger partial charge in [-0.1, -0.05) is 12.1 Å². The number of rotatable bonds is 4. The molecule has 0 spiro atoms. The van der Waals surface area contributed by atoms with Gasteiger partial charge in [-0.25, -0.2) is 9.78 Å². The summed E-state index contributed by atoms with van der Waals surface area (Å²) in [7, 11) is 0. The average Bonchev–Trinajstić information content (AvgIpc) is 2.71. The molecule has 2 aromatic carbocycles. The largest absolute Gasteiger partial charge is 0.416 e. The summed E-state index contributed by atoms with van der Waals surface area (Å²) in [5.74, 6) is 0. The number of nitrogens with zero attached hydrogens (tertiary/aromatic N) is 2. The van der Waals surface area contributed by atoms with Crippen LogP contribution >= 0.6 is 0 Å². The Morgan fingerprint density at radius 3 is 2.59 bits per heavy atom. The molecule has 1 saturated carbocycles. The van der Waals surface area contributed by atoms with Crippen LogP contribution < -0.4 is 16.2 Å². The number of urea groups is 1. The third-order valence-corrected chi connectivity index (χ3v) is 6.00. The second-order valence-electron chi connectivity index (χ2n) is 8.46. The van der Waals surface area contributed by atoms with Crippen molar-refractivity contribution >= 4 is 22.8 Å². The van der Waals surface area contributed by atoms with E-state index in [1.807, 2.05) is 6.92 Å². The molecule has 6 nitrogen and oxygen atoms in total. The summed E-state index contributed by atoms with van der Waals surface area (Å²) in [6.45, 7) is 3.65. The van der Waals surface area contributed by atoms with Crippen LogP contribution in [0.4, 0.5) is 23.7 Å². The second-order valence-corrected chi connectivity index (χ2v) is 8.46. The molecule has 0 bridgehead atoms. The molecule has 168 valence electrons. The van der Waals surface area contributed by atoms with E-state index in [4.69, 9.17) is 0 Å². The minimum Gasteiger partial charge on any atom is -0.333 e. The Labute approximate surface area is 182 Å². The second kappa shape index (κ2) is 7.96. The number of aromatic nitrogens is 2. The van der Waals surface area contributed by atoms with Gasteiger partial charge in [0.15, 0.2) is 0 Å². The summed E-state index contributed by atoms with van der Waals surface area (Å²) in [4.78, 5) is 29.0. The minimum absolute atomic E-state index is 0.194. The lowest BCUT2D eigenvalue weighted by molar-refractivity contribution is -0.137. The van der Waals surface area contributed by atoms with Crippen molar-refractivity contribution in [3.05, 3.63) is 70.1 Å². The molecular weight excluding hydrogens is 421 g/mol. The number of fused-ring (bicyclic) bond motifs is 1. The highest BCUT2D eigenvalue weighted by molar-refractivity contribution is 5.92. The van der Waals surface area contributed by atoms with Gasteiger partial charge in [0.05, 0.1) is 28.8 Å². The van der Waals surface area contributed by atoms with Crippen molar-refractivity contribution in [2.24, 2.45) is 0 Å². The first-order valence-corrected chi connectivity index (χ1v) is 10.3. The summed E-state index contributed by atoms with van der Waals surface area (Å²) in [5, 5.41) is 5.72. The van der Waals surface area contributed by atoms with Crippen molar-refractivity contribution in [2.75, 3.05) is 5.32 Å². The first kappa shape index (κ1) is 21.9. The normalized spacial score (nSPS) is 16.3. The molecule has 0 aliphatic heterocycles. The molecule has 1 aliphatic carbocycles. The van der Waals surface area contributed by atoms with Gasteiger partial charge in [-0.2, -0.15) is 13.2 Å². The van der Waals surface area contributed by atoms with Gasteiger partial charge in [0.25, 0.3) is 5.56 Å². The molecule has 1 fully saturated rings. The molecule has 1 heterocycles. The van der Waals surface area contributed by atoms with E-state index in [2.05, 4.69) is 15.6 Å². The fourth-order valence-corrected chi connectivity index (χ4v) is 4.01. The van der Waals surface area contributed by atoms with Gasteiger partial charge < -0.3 is 10.6 Å². The van der Waals surface area contributed by atoms with Crippen LogP contribution in [0, 0.1) is 0 Å². The lowest BCUT2D eigenvalue weighted by atomic mass is 9.79. The Morgan fingerprint density at radius 1 is 1.19 bits per heavy atom. The van der Waals surface area contributed by atoms with Crippen LogP contribution in [0.5, 0.6) is 0 Å². The van der Waals surface area contributed by atoms with E-state index in [1.165, 1.54) is 10.6 Å². The Balaban J connectivity index is 1.65. The molecule has 0 saturated heterocycles. The SMILES string of the molecule is C[C@@H](c1cccc(C(F)(F)F)c1)n1c(=O)cnc2cc(NC(=O)NC3(C)CCC3)ccc21. The molecule has 1 atom stereocenters. The van der Waals surface area contributed by atoms with E-state index >= 15 is 0 Å². The van der Waals surface area contributed by atoms with Crippen LogP contribution in [0.15, 0.2) is 53.5 Å². The smallest absolute Gasteiger partial charge is 0.333 e. The molecule has 1 aromatic heterocycles. The summed E-state index contributed by atoms with van der Waals surface area (Å²) in [5.41, 5.74) is 0.354. The number of hydrogen-bond donors (Lipinski definition) is 2. The number of benzene rings is 2. The number of hydrogen-bond acceptors (Lipinski definition) is 3. The molecule has 2 amide bonds. The predicted octanol–water partition coefficient (Wildman–Crippen LogP) is 5.09. The maximum absolute atomic E-state index is 13.1. The molecule has 0 unspecified atom stereocenters. The van der Waals surface area contributed by atoms with E-state index in [0.29, 0.717) is 22.3 Å². The highest BCUT2D eigenvalue weighted by Crippen LogP contribution is 2.32. The van der Waals surface area contributed by atoms with Gasteiger partial charge in [0, 0.05) is 11.2 Å². The number of halogens is 3. The summed E-state index contributed by atoms with van der Waals surface area (Å²) in [6.07, 6.45) is -0.401. The lowest BCUT2D eigenvalue weighted by Gasteiger charge is -2.39. The highest BCUT2D eigenvalue weighted by atomic mass is 19.4. The van der Waals surface area contributed by atoms with Crippen molar-refractivity contribution < 1.29 is 18.0 Å². The van der Waals surface area contributed by atoms with Crippen molar-refractivity contribution in [3.63, 3.8) is 0 Å². The maximum Gasteiger partial charge on any atom is 0.416 e. The quantitative estimate of drug-likeness (QED) is 0.589. The van der Waals surface area contributed by atoms with E-state index in [1.54, 1.807) is 31.2 Å². The first-order chi connectivity index (χ1) is 15.1. The Morgan fingerprint density at radius 2 is 1.94 bits per heavy atom. The number of anilines is 1. The zero-order chi connectivity index (χ0) is 23.1. The van der Waals surface area contributed by atoms with E-state index in [9.17, 15) is 22.8 Å². The van der Waals surface area contributed by atoms with Crippen LogP contribution in [0.25, 0.3) is 11.0 Å². The molecule has 0 radical (unpaired) electrons. The van der Waals surface area contributed by atoms with Crippen LogP contribution in [0.2, 0.25) is 0 Å². The summed E-state index contributed by atoms with van der Waals surface area (Å²) >= 11 is 0. The zero-order valence-electron chi connectivity index (χ0n) is 17.7. The van der Waals surface area contributed by atoms with Crippen LogP contribution in [-0.2, 0) is 6.18 Å². The van der Waals surface area contributed by atoms with Gasteiger partial charge >= 0.3 is 12.2 Å². The van der Waals surface area contributed by atoms with Crippen molar-refractivity contribution in [2.45, 2.75) is 50.9 Å². The van der Waals surface area contributed by atoms with E-state index < -0.39 is 23.3 Å². The maximum atomic E-state index is 13.1. The number of alkyl halides is 3. The Hall–Kier alpha value is -3.36. The lowest BCUT2D eigenvalue weighted by Crippen LogP contribution is -2.52. The van der Waals surface area contributed by atoms with Gasteiger partial charge in [-0.15, -0.1) is 0 Å². The van der Waals surface area contributed by atoms with Crippen LogP contribution in [-0.4, -0.2) is 21.1 Å². The third kappa shape index (κ3) is 4.32. The standard InChI is InChI=1S/C23H23F3N4O2/c1-14(15-5-3-6-16(11-15)23(24,25)26)30-19-8-7-17(12-18(19)27-13-20(30)31)28-21(32)29-22(2)9-4-10-22/h3,5-8,11-14H,4,9-10H2,1-2H3,(H2,28,29,32)/t14-/m0/s1. The van der Waals surface area contributed by atoms with E-state index in [-0.39, 0.29) is 11.6 Å². The number of amides is 2. The van der Waals surface area contributed by atoms with Crippen molar-refractivity contribution in [1.82, 2.24) is 14.9 Å².